The van der Waals surface area contributed by atoms with Gasteiger partial charge in [0.25, 0.3) is 10.1 Å². The van der Waals surface area contributed by atoms with Crippen LogP contribution in [0.15, 0.2) is 0 Å². The van der Waals surface area contributed by atoms with Gasteiger partial charge in [0.2, 0.25) is 0 Å². The van der Waals surface area contributed by atoms with Crippen LogP contribution in [0.25, 0.3) is 0 Å². The minimum atomic E-state index is -3.81. The van der Waals surface area contributed by atoms with Crippen LogP contribution in [0.2, 0.25) is 0 Å². The molecule has 0 fully saturated rings. The second-order valence-electron chi connectivity index (χ2n) is 0.975. The third-order valence-electron chi connectivity index (χ3n) is 0.335. The Morgan fingerprint density at radius 2 is 1.88 bits per heavy atom. The molecule has 0 unspecified atom stereocenters. The normalized spacial score (nSPS) is 10.2. The number of halogens is 1. The molecule has 0 spiro atoms. The Balaban J connectivity index is 0. The summed E-state index contributed by atoms with van der Waals surface area (Å²) in [6, 6.07) is 0. The van der Waals surface area contributed by atoms with Gasteiger partial charge in [-0.15, -0.1) is 11.6 Å². The van der Waals surface area contributed by atoms with Crippen molar-refractivity contribution in [1.82, 2.24) is 0 Å². The van der Waals surface area contributed by atoms with E-state index < -0.39 is 10.1 Å². The van der Waals surface area contributed by atoms with Crippen LogP contribution < -0.4 is 0 Å². The first-order valence-corrected chi connectivity index (χ1v) is 3.72. The van der Waals surface area contributed by atoms with E-state index in [2.05, 4.69) is 0 Å². The predicted molar refractivity (Wildman–Crippen MR) is 34.3 cm³/mol. The molecule has 3 nitrogen and oxygen atoms in total. The van der Waals surface area contributed by atoms with Crippen LogP contribution in [0.1, 0.15) is 0 Å². The van der Waals surface area contributed by atoms with Crippen LogP contribution in [0.3, 0.4) is 0 Å². The Morgan fingerprint density at radius 1 is 1.50 bits per heavy atom. The van der Waals surface area contributed by atoms with E-state index in [1.165, 1.54) is 0 Å². The molecule has 0 aromatic rings. The summed E-state index contributed by atoms with van der Waals surface area (Å²) >= 11 is 4.95. The maximum atomic E-state index is 9.70. The summed E-state index contributed by atoms with van der Waals surface area (Å²) in [6.45, 7) is 0. The minimum absolute atomic E-state index is 0. The molecule has 0 bridgehead atoms. The standard InChI is InChI=1S/C2H5ClO3S.Li.H/c3-1-2-7(4,5)6;;/h1-2H2,(H,4,5,6);;. The zero-order chi connectivity index (χ0) is 5.91. The van der Waals surface area contributed by atoms with E-state index in [9.17, 15) is 8.42 Å². The van der Waals surface area contributed by atoms with E-state index in [0.29, 0.717) is 0 Å². The van der Waals surface area contributed by atoms with Crippen LogP contribution in [0.5, 0.6) is 0 Å². The van der Waals surface area contributed by atoms with Crippen LogP contribution in [-0.4, -0.2) is 43.5 Å². The van der Waals surface area contributed by atoms with Gasteiger partial charge in [-0.1, -0.05) is 0 Å². The number of alkyl halides is 1. The Hall–Kier alpha value is 0.797. The van der Waals surface area contributed by atoms with Gasteiger partial charge in [-0.05, 0) is 0 Å². The van der Waals surface area contributed by atoms with E-state index >= 15 is 0 Å². The third-order valence-corrected chi connectivity index (χ3v) is 1.47. The summed E-state index contributed by atoms with van der Waals surface area (Å²) in [5.41, 5.74) is 0. The van der Waals surface area contributed by atoms with E-state index in [1.54, 1.807) is 0 Å². The maximum absolute atomic E-state index is 9.70. The van der Waals surface area contributed by atoms with Crippen molar-refractivity contribution in [3.05, 3.63) is 0 Å². The summed E-state index contributed by atoms with van der Waals surface area (Å²) < 4.78 is 27.3. The van der Waals surface area contributed by atoms with E-state index in [-0.39, 0.29) is 30.5 Å². The molecule has 0 aliphatic rings. The van der Waals surface area contributed by atoms with E-state index in [4.69, 9.17) is 16.2 Å². The summed E-state index contributed by atoms with van der Waals surface area (Å²) in [4.78, 5) is 0. The van der Waals surface area contributed by atoms with Crippen LogP contribution in [0, 0.1) is 0 Å². The van der Waals surface area contributed by atoms with Crippen molar-refractivity contribution in [3.8, 4) is 0 Å². The number of rotatable bonds is 2. The van der Waals surface area contributed by atoms with Gasteiger partial charge in [-0.25, -0.2) is 0 Å². The van der Waals surface area contributed by atoms with E-state index in [0.717, 1.165) is 0 Å². The molecule has 0 saturated heterocycles. The summed E-state index contributed by atoms with van der Waals surface area (Å²) in [7, 11) is -3.81. The van der Waals surface area contributed by atoms with Gasteiger partial charge in [0, 0.05) is 5.88 Å². The molecular weight excluding hydrogens is 146 g/mol. The molecule has 0 aliphatic carbocycles. The molecular formula is C2H6ClLiO3S. The number of hydrogen-bond donors (Lipinski definition) is 1. The molecule has 0 amide bonds. The predicted octanol–water partition coefficient (Wildman–Crippen LogP) is -0.535. The van der Waals surface area contributed by atoms with Crippen molar-refractivity contribution in [2.45, 2.75) is 0 Å². The van der Waals surface area contributed by atoms with Crippen molar-refractivity contribution in [2.24, 2.45) is 0 Å². The van der Waals surface area contributed by atoms with Crippen molar-refractivity contribution < 1.29 is 13.0 Å². The Morgan fingerprint density at radius 3 is 1.88 bits per heavy atom. The molecule has 0 saturated carbocycles. The second-order valence-corrected chi connectivity index (χ2v) is 2.93. The quantitative estimate of drug-likeness (QED) is 0.329. The summed E-state index contributed by atoms with van der Waals surface area (Å²) in [6.07, 6.45) is 0. The van der Waals surface area contributed by atoms with Crippen LogP contribution in [-0.2, 0) is 10.1 Å². The molecule has 0 heterocycles. The topological polar surface area (TPSA) is 54.4 Å². The molecule has 0 aliphatic heterocycles. The van der Waals surface area contributed by atoms with Crippen molar-refractivity contribution >= 4 is 40.6 Å². The zero-order valence-corrected chi connectivity index (χ0v) is 5.04. The van der Waals surface area contributed by atoms with Gasteiger partial charge < -0.3 is 0 Å². The van der Waals surface area contributed by atoms with Gasteiger partial charge in [-0.2, -0.15) is 8.42 Å². The van der Waals surface area contributed by atoms with Crippen molar-refractivity contribution in [2.75, 3.05) is 11.6 Å². The Bertz CT molecular complexity index is 130. The first kappa shape index (κ1) is 11.6. The molecule has 46 valence electrons. The molecule has 8 heavy (non-hydrogen) atoms. The van der Waals surface area contributed by atoms with Gasteiger partial charge >= 0.3 is 18.9 Å². The molecule has 0 aromatic heterocycles. The van der Waals surface area contributed by atoms with Gasteiger partial charge in [0.15, 0.2) is 0 Å². The fraction of sp³-hybridized carbons (Fsp3) is 1.00. The summed E-state index contributed by atoms with van der Waals surface area (Å²) in [5, 5.41) is 0. The Labute approximate surface area is 65.3 Å². The fourth-order valence-corrected chi connectivity index (χ4v) is 0.877. The van der Waals surface area contributed by atoms with Crippen LogP contribution in [0.4, 0.5) is 0 Å². The van der Waals surface area contributed by atoms with Gasteiger partial charge in [-0.3, -0.25) is 4.55 Å². The first-order chi connectivity index (χ1) is 3.06. The third kappa shape index (κ3) is 9.93. The first-order valence-electron chi connectivity index (χ1n) is 1.57. The van der Waals surface area contributed by atoms with Crippen molar-refractivity contribution in [3.63, 3.8) is 0 Å². The zero-order valence-electron chi connectivity index (χ0n) is 3.46. The van der Waals surface area contributed by atoms with Crippen LogP contribution >= 0.6 is 11.6 Å². The average Bonchev–Trinajstić information content (AvgIpc) is 1.30. The molecule has 0 rings (SSSR count). The van der Waals surface area contributed by atoms with Gasteiger partial charge in [0.05, 0.1) is 5.75 Å². The van der Waals surface area contributed by atoms with Gasteiger partial charge in [0.1, 0.15) is 0 Å². The summed E-state index contributed by atoms with van der Waals surface area (Å²) in [5.74, 6) is -0.423. The molecule has 0 aromatic carbocycles. The molecule has 0 radical (unpaired) electrons. The molecule has 1 N–H and O–H groups in total. The monoisotopic (exact) mass is 152 g/mol. The molecule has 6 heteroatoms. The fourth-order valence-electron chi connectivity index (χ4n) is 0.0975. The Kier molecular flexibility index (Phi) is 6.74. The second kappa shape index (κ2) is 4.66. The number of hydrogen-bond acceptors (Lipinski definition) is 2. The SMILES string of the molecule is O=S(=O)(O)CCCl.[LiH]. The van der Waals surface area contributed by atoms with E-state index in [1.807, 2.05) is 0 Å². The average molecular weight is 153 g/mol. The molecule has 0 atom stereocenters. The van der Waals surface area contributed by atoms with Crippen molar-refractivity contribution in [1.29, 1.82) is 0 Å².